The van der Waals surface area contributed by atoms with Crippen LogP contribution in [0.5, 0.6) is 0 Å². The van der Waals surface area contributed by atoms with E-state index in [0.29, 0.717) is 25.0 Å². The lowest BCUT2D eigenvalue weighted by Gasteiger charge is -2.10. The van der Waals surface area contributed by atoms with Crippen molar-refractivity contribution >= 4 is 5.78 Å². The number of aliphatic hydroxyl groups is 1. The number of hydrogen-bond acceptors (Lipinski definition) is 2. The van der Waals surface area contributed by atoms with Gasteiger partial charge >= 0.3 is 0 Å². The van der Waals surface area contributed by atoms with Gasteiger partial charge in [-0.25, -0.2) is 0 Å². The van der Waals surface area contributed by atoms with Crippen molar-refractivity contribution in [3.63, 3.8) is 0 Å². The number of carbonyl (C=O) groups excluding carboxylic acids is 1. The second kappa shape index (κ2) is 27.9. The molecule has 2 heteroatoms. The van der Waals surface area contributed by atoms with Crippen molar-refractivity contribution < 1.29 is 9.90 Å². The summed E-state index contributed by atoms with van der Waals surface area (Å²) in [6.07, 6.45) is 34.1. The summed E-state index contributed by atoms with van der Waals surface area (Å²) < 4.78 is 0. The van der Waals surface area contributed by atoms with Gasteiger partial charge in [-0.15, -0.1) is 0 Å². The molecule has 0 aromatic heterocycles. The van der Waals surface area contributed by atoms with Crippen LogP contribution in [0.4, 0.5) is 0 Å². The molecule has 0 aromatic rings. The number of rotatable bonds is 28. The molecule has 1 atom stereocenters. The third-order valence-corrected chi connectivity index (χ3v) is 7.21. The molecule has 0 spiro atoms. The fourth-order valence-electron chi connectivity index (χ4n) is 4.78. The van der Waals surface area contributed by atoms with Crippen LogP contribution in [0.15, 0.2) is 0 Å². The third-order valence-electron chi connectivity index (χ3n) is 7.21. The van der Waals surface area contributed by atoms with Gasteiger partial charge in [-0.05, 0) is 19.3 Å². The van der Waals surface area contributed by atoms with Crippen LogP contribution in [0.25, 0.3) is 0 Å². The second-order valence-electron chi connectivity index (χ2n) is 10.7. The average molecular weight is 467 g/mol. The Kier molecular flexibility index (Phi) is 27.6. The maximum atomic E-state index is 11.7. The highest BCUT2D eigenvalue weighted by Gasteiger charge is 2.08. The molecule has 0 aliphatic carbocycles. The maximum absolute atomic E-state index is 11.7. The minimum atomic E-state index is -0.268. The van der Waals surface area contributed by atoms with Crippen LogP contribution >= 0.6 is 0 Å². The number of ketones is 1. The van der Waals surface area contributed by atoms with Crippen LogP contribution in [0.3, 0.4) is 0 Å². The normalized spacial score (nSPS) is 12.3. The van der Waals surface area contributed by atoms with Gasteiger partial charge in [0.2, 0.25) is 0 Å². The van der Waals surface area contributed by atoms with E-state index < -0.39 is 0 Å². The smallest absolute Gasteiger partial charge is 0.133 e. The minimum absolute atomic E-state index is 0.268. The molecule has 0 saturated carbocycles. The minimum Gasteiger partial charge on any atom is -0.393 e. The van der Waals surface area contributed by atoms with Crippen LogP contribution < -0.4 is 0 Å². The molecule has 0 fully saturated rings. The summed E-state index contributed by atoms with van der Waals surface area (Å²) in [7, 11) is 0. The molecule has 0 aromatic carbocycles. The van der Waals surface area contributed by atoms with Gasteiger partial charge in [-0.1, -0.05) is 155 Å². The van der Waals surface area contributed by atoms with Gasteiger partial charge in [-0.3, -0.25) is 4.79 Å². The largest absolute Gasteiger partial charge is 0.393 e. The molecular weight excluding hydrogens is 404 g/mol. The van der Waals surface area contributed by atoms with Gasteiger partial charge in [-0.2, -0.15) is 0 Å². The highest BCUT2D eigenvalue weighted by molar-refractivity contribution is 5.78. The van der Waals surface area contributed by atoms with E-state index in [1.807, 2.05) is 0 Å². The van der Waals surface area contributed by atoms with E-state index in [-0.39, 0.29) is 6.10 Å². The van der Waals surface area contributed by atoms with Crippen LogP contribution in [0.1, 0.15) is 187 Å². The Hall–Kier alpha value is -0.370. The summed E-state index contributed by atoms with van der Waals surface area (Å²) in [5.41, 5.74) is 0. The Balaban J connectivity index is 3.15. The van der Waals surface area contributed by atoms with E-state index in [9.17, 15) is 9.90 Å². The molecular formula is C31H62O2. The van der Waals surface area contributed by atoms with Crippen molar-refractivity contribution in [1.82, 2.24) is 0 Å². The van der Waals surface area contributed by atoms with Crippen molar-refractivity contribution in [2.24, 2.45) is 0 Å². The van der Waals surface area contributed by atoms with Crippen molar-refractivity contribution in [2.75, 3.05) is 0 Å². The zero-order valence-corrected chi connectivity index (χ0v) is 23.0. The first kappa shape index (κ1) is 32.6. The van der Waals surface area contributed by atoms with Crippen molar-refractivity contribution in [1.29, 1.82) is 0 Å². The SMILES string of the molecule is CCCCCCCCCCCCCCCCCCCCCCCC(O)CCC(=O)CCCC. The van der Waals surface area contributed by atoms with Gasteiger partial charge in [0.05, 0.1) is 6.10 Å². The zero-order chi connectivity index (χ0) is 24.2. The van der Waals surface area contributed by atoms with Crippen molar-refractivity contribution in [3.8, 4) is 0 Å². The first-order valence-corrected chi connectivity index (χ1v) is 15.4. The average Bonchev–Trinajstić information content (AvgIpc) is 2.82. The Morgan fingerprint density at radius 2 is 0.788 bits per heavy atom. The maximum Gasteiger partial charge on any atom is 0.133 e. The molecule has 33 heavy (non-hydrogen) atoms. The first-order valence-electron chi connectivity index (χ1n) is 15.4. The Morgan fingerprint density at radius 1 is 0.455 bits per heavy atom. The fraction of sp³-hybridized carbons (Fsp3) is 0.968. The Morgan fingerprint density at radius 3 is 1.15 bits per heavy atom. The van der Waals surface area contributed by atoms with E-state index in [2.05, 4.69) is 13.8 Å². The van der Waals surface area contributed by atoms with Crippen molar-refractivity contribution in [2.45, 2.75) is 193 Å². The molecule has 1 N–H and O–H groups in total. The summed E-state index contributed by atoms with van der Waals surface area (Å²) in [6, 6.07) is 0. The predicted molar refractivity (Wildman–Crippen MR) is 147 cm³/mol. The monoisotopic (exact) mass is 466 g/mol. The Bertz CT molecular complexity index is 379. The number of hydrogen-bond donors (Lipinski definition) is 1. The van der Waals surface area contributed by atoms with Gasteiger partial charge in [0.15, 0.2) is 0 Å². The van der Waals surface area contributed by atoms with Gasteiger partial charge in [0, 0.05) is 12.8 Å². The molecule has 0 amide bonds. The molecule has 1 unspecified atom stereocenters. The molecule has 0 radical (unpaired) electrons. The summed E-state index contributed by atoms with van der Waals surface area (Å²) >= 11 is 0. The third kappa shape index (κ3) is 27.8. The van der Waals surface area contributed by atoms with E-state index in [0.717, 1.165) is 25.7 Å². The van der Waals surface area contributed by atoms with Crippen molar-refractivity contribution in [3.05, 3.63) is 0 Å². The molecule has 0 bridgehead atoms. The van der Waals surface area contributed by atoms with Gasteiger partial charge < -0.3 is 5.11 Å². The van der Waals surface area contributed by atoms with E-state index in [4.69, 9.17) is 0 Å². The van der Waals surface area contributed by atoms with Crippen LogP contribution in [-0.4, -0.2) is 17.0 Å². The standard InChI is InChI=1S/C31H62O2/c1-3-5-7-8-9-10-11-12-13-14-15-16-17-18-19-20-21-22-23-24-25-27-31(33)29-28-30(32)26-6-4-2/h31,33H,3-29H2,1-2H3. The molecule has 0 saturated heterocycles. The fourth-order valence-corrected chi connectivity index (χ4v) is 4.78. The first-order chi connectivity index (χ1) is 16.2. The molecule has 0 aliphatic rings. The summed E-state index contributed by atoms with van der Waals surface area (Å²) in [6.45, 7) is 4.41. The summed E-state index contributed by atoms with van der Waals surface area (Å²) in [5.74, 6) is 0.328. The lowest BCUT2D eigenvalue weighted by atomic mass is 10.0. The highest BCUT2D eigenvalue weighted by atomic mass is 16.3. The van der Waals surface area contributed by atoms with Crippen LogP contribution in [0.2, 0.25) is 0 Å². The molecule has 0 rings (SSSR count). The van der Waals surface area contributed by atoms with Gasteiger partial charge in [0.25, 0.3) is 0 Å². The zero-order valence-electron chi connectivity index (χ0n) is 23.0. The molecule has 2 nitrogen and oxygen atoms in total. The summed E-state index contributed by atoms with van der Waals surface area (Å²) in [5, 5.41) is 10.0. The predicted octanol–water partition coefficient (Wildman–Crippen LogP) is 10.5. The number of unbranched alkanes of at least 4 members (excludes halogenated alkanes) is 21. The number of Topliss-reactive ketones (excluding diaryl/α,β-unsaturated/α-hetero) is 1. The van der Waals surface area contributed by atoms with E-state index in [1.54, 1.807) is 0 Å². The number of aliphatic hydroxyl groups excluding tert-OH is 1. The van der Waals surface area contributed by atoms with Gasteiger partial charge in [0.1, 0.15) is 5.78 Å². The van der Waals surface area contributed by atoms with Crippen LogP contribution in [-0.2, 0) is 4.79 Å². The highest BCUT2D eigenvalue weighted by Crippen LogP contribution is 2.16. The molecule has 198 valence electrons. The van der Waals surface area contributed by atoms with E-state index in [1.165, 1.54) is 128 Å². The quantitative estimate of drug-likeness (QED) is 0.116. The number of carbonyl (C=O) groups is 1. The molecule has 0 heterocycles. The Labute approximate surface area is 209 Å². The lowest BCUT2D eigenvalue weighted by molar-refractivity contribution is -0.119. The molecule has 0 aliphatic heterocycles. The second-order valence-corrected chi connectivity index (χ2v) is 10.7. The van der Waals surface area contributed by atoms with E-state index >= 15 is 0 Å². The van der Waals surface area contributed by atoms with Crippen LogP contribution in [0, 0.1) is 0 Å². The summed E-state index contributed by atoms with van der Waals surface area (Å²) in [4.78, 5) is 11.7. The lowest BCUT2D eigenvalue weighted by Crippen LogP contribution is -2.09. The topological polar surface area (TPSA) is 37.3 Å².